The van der Waals surface area contributed by atoms with Crippen LogP contribution in [0, 0.1) is 34.3 Å². The molecule has 21 heavy (non-hydrogen) atoms. The van der Waals surface area contributed by atoms with E-state index in [-0.39, 0.29) is 17.0 Å². The van der Waals surface area contributed by atoms with E-state index < -0.39 is 5.54 Å². The van der Waals surface area contributed by atoms with Crippen LogP contribution in [0.15, 0.2) is 15.3 Å². The van der Waals surface area contributed by atoms with E-state index in [1.807, 2.05) is 0 Å². The van der Waals surface area contributed by atoms with Crippen molar-refractivity contribution < 1.29 is 4.86 Å². The maximum absolute atomic E-state index is 12.7. The number of hydroxylamine groups is 1. The van der Waals surface area contributed by atoms with Gasteiger partial charge in [0.1, 0.15) is 5.54 Å². The normalized spacial score (nSPS) is 61.8. The summed E-state index contributed by atoms with van der Waals surface area (Å²) < 4.78 is 0. The van der Waals surface area contributed by atoms with Gasteiger partial charge >= 0.3 is 0 Å². The summed E-state index contributed by atoms with van der Waals surface area (Å²) in [6.45, 7) is 8.82. The van der Waals surface area contributed by atoms with Gasteiger partial charge in [-0.25, -0.2) is 0 Å². The predicted molar refractivity (Wildman–Crippen MR) is 76.9 cm³/mol. The van der Waals surface area contributed by atoms with Crippen LogP contribution in [-0.4, -0.2) is 28.0 Å². The Balaban J connectivity index is 1.75. The van der Waals surface area contributed by atoms with E-state index in [2.05, 4.69) is 32.8 Å². The summed E-state index contributed by atoms with van der Waals surface area (Å²) in [5.41, 5.74) is -0.839. The lowest BCUT2D eigenvalue weighted by molar-refractivity contribution is -0.621. The Kier molecular flexibility index (Phi) is 1.90. The Morgan fingerprint density at radius 1 is 0.952 bits per heavy atom. The minimum atomic E-state index is -0.428. The average Bonchev–Trinajstić information content (AvgIpc) is 3.02. The molecule has 3 saturated carbocycles. The first kappa shape index (κ1) is 12.5. The number of fused-ring (bicyclic) bond motifs is 2. The average molecular weight is 288 g/mol. The highest BCUT2D eigenvalue weighted by atomic mass is 16.5. The molecule has 0 unspecified atom stereocenters. The van der Waals surface area contributed by atoms with Gasteiger partial charge < -0.3 is 5.21 Å². The number of rotatable bonds is 0. The second kappa shape index (κ2) is 3.18. The first-order valence-corrected chi connectivity index (χ1v) is 8.44. The van der Waals surface area contributed by atoms with Crippen LogP contribution in [0.2, 0.25) is 0 Å². The second-order valence-electron chi connectivity index (χ2n) is 8.82. The fourth-order valence-corrected chi connectivity index (χ4v) is 6.85. The van der Waals surface area contributed by atoms with E-state index in [9.17, 15) is 5.21 Å². The third-order valence-corrected chi connectivity index (χ3v) is 8.48. The van der Waals surface area contributed by atoms with Crippen molar-refractivity contribution in [3.8, 4) is 0 Å². The molecule has 3 fully saturated rings. The fourth-order valence-electron chi connectivity index (χ4n) is 6.85. The third-order valence-electron chi connectivity index (χ3n) is 8.48. The summed E-state index contributed by atoms with van der Waals surface area (Å²) in [6, 6.07) is 0.557. The van der Waals surface area contributed by atoms with Gasteiger partial charge in [0.05, 0.1) is 23.4 Å². The molecule has 6 aliphatic rings. The molecule has 114 valence electrons. The summed E-state index contributed by atoms with van der Waals surface area (Å²) in [5.74, 6) is 2.09. The van der Waals surface area contributed by atoms with Crippen molar-refractivity contribution in [1.82, 2.24) is 0 Å². The van der Waals surface area contributed by atoms with Crippen molar-refractivity contribution in [2.45, 2.75) is 70.1 Å². The molecule has 8 atom stereocenters. The number of hydrogen-bond acceptors (Lipinski definition) is 4. The highest BCUT2D eigenvalue weighted by Crippen LogP contribution is 2.72. The lowest BCUT2D eigenvalue weighted by Crippen LogP contribution is -2.61. The van der Waals surface area contributed by atoms with Crippen LogP contribution in [-0.2, 0) is 0 Å². The van der Waals surface area contributed by atoms with E-state index in [0.717, 1.165) is 4.86 Å². The molecule has 4 bridgehead atoms. The first-order chi connectivity index (χ1) is 9.84. The molecular weight excluding hydrogens is 264 g/mol. The molecule has 0 aromatic rings. The summed E-state index contributed by atoms with van der Waals surface area (Å²) >= 11 is 0. The van der Waals surface area contributed by atoms with Crippen molar-refractivity contribution >= 4 is 0 Å². The van der Waals surface area contributed by atoms with Gasteiger partial charge in [0.15, 0.2) is 0 Å². The smallest absolute Gasteiger partial charge is 0.209 e. The van der Waals surface area contributed by atoms with E-state index in [1.54, 1.807) is 0 Å². The van der Waals surface area contributed by atoms with Crippen molar-refractivity contribution in [3.63, 3.8) is 0 Å². The third kappa shape index (κ3) is 0.976. The molecule has 0 N–H and O–H groups in total. The largest absolute Gasteiger partial charge is 0.599 e. The predicted octanol–water partition coefficient (Wildman–Crippen LogP) is 3.39. The molecule has 0 amide bonds. The molecule has 3 aliphatic heterocycles. The Bertz CT molecular complexity index is 599. The lowest BCUT2D eigenvalue weighted by Gasteiger charge is -2.51. The standard InChI is InChI=1S/C16H24N4O/c1-14(2)15(3)10-11(16(14,4)20(21)19-15)13-9-7-5-6-8(9)12(10)17-18-13/h8-13H,5-7H2,1-4H3/t8-,9+,10+,11-,12-,13+,15-,16+/m1/s1. The topological polar surface area (TPSA) is 63.1 Å². The highest BCUT2D eigenvalue weighted by molar-refractivity contribution is 5.30. The number of nitrogens with zero attached hydrogens (tertiary/aromatic N) is 4. The van der Waals surface area contributed by atoms with Crippen molar-refractivity contribution in [2.75, 3.05) is 0 Å². The molecule has 5 nitrogen and oxygen atoms in total. The zero-order chi connectivity index (χ0) is 14.8. The van der Waals surface area contributed by atoms with Gasteiger partial charge in [0.25, 0.3) is 0 Å². The second-order valence-corrected chi connectivity index (χ2v) is 8.82. The molecule has 0 saturated heterocycles. The SMILES string of the molecule is CC1(C)[C@]2(C)N=[N+]([O-])[C@@]1(C)[C@H]1[C@H]3N=N[C@H]([C@@H]4CCC[C@@H]43)[C@H]12. The molecule has 3 aliphatic carbocycles. The molecule has 3 heterocycles. The van der Waals surface area contributed by atoms with Gasteiger partial charge in [-0.3, -0.25) is 0 Å². The molecule has 5 heteroatoms. The fraction of sp³-hybridized carbons (Fsp3) is 1.00. The summed E-state index contributed by atoms with van der Waals surface area (Å²) in [5, 5.41) is 26.7. The summed E-state index contributed by atoms with van der Waals surface area (Å²) in [4.78, 5) is 1.05. The van der Waals surface area contributed by atoms with Crippen molar-refractivity contribution in [2.24, 2.45) is 44.4 Å². The highest BCUT2D eigenvalue weighted by Gasteiger charge is 2.85. The van der Waals surface area contributed by atoms with Gasteiger partial charge in [-0.2, -0.15) is 10.2 Å². The molecular formula is C16H24N4O. The van der Waals surface area contributed by atoms with Crippen LogP contribution < -0.4 is 0 Å². The van der Waals surface area contributed by atoms with Gasteiger partial charge in [-0.15, -0.1) is 0 Å². The quantitative estimate of drug-likeness (QED) is 0.498. The van der Waals surface area contributed by atoms with Crippen LogP contribution in [0.4, 0.5) is 0 Å². The molecule has 0 aromatic heterocycles. The minimum absolute atomic E-state index is 0.123. The van der Waals surface area contributed by atoms with Crippen LogP contribution in [0.1, 0.15) is 47.0 Å². The van der Waals surface area contributed by atoms with E-state index in [4.69, 9.17) is 10.2 Å². The molecule has 6 rings (SSSR count). The zero-order valence-corrected chi connectivity index (χ0v) is 13.3. The van der Waals surface area contributed by atoms with Crippen LogP contribution in [0.3, 0.4) is 0 Å². The van der Waals surface area contributed by atoms with Crippen LogP contribution in [0.5, 0.6) is 0 Å². The van der Waals surface area contributed by atoms with E-state index in [0.29, 0.717) is 29.7 Å². The maximum Gasteiger partial charge on any atom is 0.209 e. The molecule has 0 spiro atoms. The Morgan fingerprint density at radius 3 is 2.14 bits per heavy atom. The zero-order valence-electron chi connectivity index (χ0n) is 13.3. The Hall–Kier alpha value is -1.00. The maximum atomic E-state index is 12.7. The minimum Gasteiger partial charge on any atom is -0.599 e. The molecule has 0 aromatic carbocycles. The van der Waals surface area contributed by atoms with Crippen molar-refractivity contribution in [1.29, 1.82) is 0 Å². The lowest BCUT2D eigenvalue weighted by atomic mass is 9.59. The number of hydrogen-bond donors (Lipinski definition) is 0. The first-order valence-electron chi connectivity index (χ1n) is 8.44. The monoisotopic (exact) mass is 288 g/mol. The van der Waals surface area contributed by atoms with Gasteiger partial charge in [0, 0.05) is 12.8 Å². The van der Waals surface area contributed by atoms with Gasteiger partial charge in [-0.05, 0) is 36.7 Å². The van der Waals surface area contributed by atoms with Gasteiger partial charge in [-0.1, -0.05) is 25.1 Å². The summed E-state index contributed by atoms with van der Waals surface area (Å²) in [7, 11) is 0. The van der Waals surface area contributed by atoms with E-state index in [1.165, 1.54) is 19.3 Å². The van der Waals surface area contributed by atoms with E-state index >= 15 is 0 Å². The van der Waals surface area contributed by atoms with Crippen LogP contribution >= 0.6 is 0 Å². The molecule has 0 radical (unpaired) electrons. The Labute approximate surface area is 125 Å². The number of azo groups is 2. The van der Waals surface area contributed by atoms with Gasteiger partial charge in [0.2, 0.25) is 5.54 Å². The van der Waals surface area contributed by atoms with Crippen molar-refractivity contribution in [3.05, 3.63) is 5.21 Å². The summed E-state index contributed by atoms with van der Waals surface area (Å²) in [6.07, 6.45) is 3.88. The van der Waals surface area contributed by atoms with Crippen LogP contribution in [0.25, 0.3) is 0 Å². The Morgan fingerprint density at radius 2 is 1.52 bits per heavy atom.